The minimum Gasteiger partial charge on any atom is -0.457 e. The first-order chi connectivity index (χ1) is 12.6. The number of piperazine rings is 1. The Labute approximate surface area is 154 Å². The molecule has 0 atom stereocenters. The highest BCUT2D eigenvalue weighted by molar-refractivity contribution is 5.45. The van der Waals surface area contributed by atoms with Crippen LogP contribution in [0, 0.1) is 10.1 Å². The van der Waals surface area contributed by atoms with E-state index >= 15 is 0 Å². The van der Waals surface area contributed by atoms with E-state index in [1.807, 2.05) is 30.3 Å². The Bertz CT molecular complexity index is 728. The van der Waals surface area contributed by atoms with E-state index in [-0.39, 0.29) is 10.6 Å². The van der Waals surface area contributed by atoms with Crippen molar-refractivity contribution in [3.05, 3.63) is 64.2 Å². The summed E-state index contributed by atoms with van der Waals surface area (Å²) in [7, 11) is 2.15. The van der Waals surface area contributed by atoms with Crippen LogP contribution in [0.2, 0.25) is 0 Å². The molecule has 0 spiro atoms. The fourth-order valence-electron chi connectivity index (χ4n) is 3.15. The topological polar surface area (TPSA) is 58.9 Å². The Morgan fingerprint density at radius 2 is 1.81 bits per heavy atom. The smallest absolute Gasteiger partial charge is 0.269 e. The van der Waals surface area contributed by atoms with Crippen LogP contribution in [0.25, 0.3) is 0 Å². The summed E-state index contributed by atoms with van der Waals surface area (Å²) in [6, 6.07) is 14.4. The van der Waals surface area contributed by atoms with Crippen LogP contribution in [0.3, 0.4) is 0 Å². The number of hydrogen-bond acceptors (Lipinski definition) is 5. The summed E-state index contributed by atoms with van der Waals surface area (Å²) in [4.78, 5) is 15.6. The number of nitro benzene ring substituents is 1. The van der Waals surface area contributed by atoms with Gasteiger partial charge < -0.3 is 14.5 Å². The molecule has 0 unspecified atom stereocenters. The predicted molar refractivity (Wildman–Crippen MR) is 102 cm³/mol. The largest absolute Gasteiger partial charge is 0.457 e. The Morgan fingerprint density at radius 3 is 2.50 bits per heavy atom. The zero-order valence-electron chi connectivity index (χ0n) is 15.1. The Kier molecular flexibility index (Phi) is 6.20. The maximum atomic E-state index is 11.1. The highest BCUT2D eigenvalue weighted by atomic mass is 16.6. The number of nitro groups is 1. The van der Waals surface area contributed by atoms with E-state index in [2.05, 4.69) is 16.8 Å². The Hall–Kier alpha value is -2.44. The summed E-state index contributed by atoms with van der Waals surface area (Å²) in [5.41, 5.74) is 0.997. The van der Waals surface area contributed by atoms with Gasteiger partial charge in [-0.15, -0.1) is 0 Å². The van der Waals surface area contributed by atoms with Gasteiger partial charge in [0.25, 0.3) is 5.69 Å². The van der Waals surface area contributed by atoms with Gasteiger partial charge >= 0.3 is 0 Å². The number of non-ortho nitro benzene ring substituents is 1. The number of para-hydroxylation sites is 1. The standard InChI is InChI=1S/C20H25N3O3/c1-21-12-14-22(15-13-21)11-5-6-17-16-18(23(24)25)9-10-20(17)26-19-7-3-2-4-8-19/h2-4,7-10,16H,5-6,11-15H2,1H3. The van der Waals surface area contributed by atoms with Crippen molar-refractivity contribution in [2.75, 3.05) is 39.8 Å². The minimum absolute atomic E-state index is 0.111. The van der Waals surface area contributed by atoms with E-state index in [0.717, 1.165) is 56.9 Å². The average molecular weight is 355 g/mol. The van der Waals surface area contributed by atoms with Crippen molar-refractivity contribution in [1.82, 2.24) is 9.80 Å². The van der Waals surface area contributed by atoms with Crippen molar-refractivity contribution < 1.29 is 9.66 Å². The van der Waals surface area contributed by atoms with Gasteiger partial charge in [0.15, 0.2) is 0 Å². The summed E-state index contributed by atoms with van der Waals surface area (Å²) in [5, 5.41) is 11.1. The number of likely N-dealkylation sites (N-methyl/N-ethyl adjacent to an activating group) is 1. The zero-order chi connectivity index (χ0) is 18.4. The van der Waals surface area contributed by atoms with Crippen molar-refractivity contribution in [1.29, 1.82) is 0 Å². The van der Waals surface area contributed by atoms with E-state index < -0.39 is 0 Å². The van der Waals surface area contributed by atoms with Crippen LogP contribution in [-0.2, 0) is 6.42 Å². The van der Waals surface area contributed by atoms with Crippen molar-refractivity contribution in [2.24, 2.45) is 0 Å². The second-order valence-corrected chi connectivity index (χ2v) is 6.71. The molecule has 0 radical (unpaired) electrons. The van der Waals surface area contributed by atoms with Crippen molar-refractivity contribution in [3.8, 4) is 11.5 Å². The summed E-state index contributed by atoms with van der Waals surface area (Å²) in [6.07, 6.45) is 1.71. The molecule has 0 aromatic heterocycles. The Morgan fingerprint density at radius 1 is 1.08 bits per heavy atom. The van der Waals surface area contributed by atoms with Gasteiger partial charge in [0, 0.05) is 43.9 Å². The van der Waals surface area contributed by atoms with Gasteiger partial charge in [-0.25, -0.2) is 0 Å². The summed E-state index contributed by atoms with van der Waals surface area (Å²) in [5.74, 6) is 1.43. The van der Waals surface area contributed by atoms with Crippen LogP contribution >= 0.6 is 0 Å². The summed E-state index contributed by atoms with van der Waals surface area (Å²) < 4.78 is 5.96. The van der Waals surface area contributed by atoms with Gasteiger partial charge in [0.05, 0.1) is 4.92 Å². The lowest BCUT2D eigenvalue weighted by Crippen LogP contribution is -2.44. The third-order valence-corrected chi connectivity index (χ3v) is 4.74. The van der Waals surface area contributed by atoms with Crippen molar-refractivity contribution >= 4 is 5.69 Å². The highest BCUT2D eigenvalue weighted by Gasteiger charge is 2.15. The van der Waals surface area contributed by atoms with Crippen LogP contribution in [0.5, 0.6) is 11.5 Å². The minimum atomic E-state index is -0.351. The normalized spacial score (nSPS) is 15.7. The molecular formula is C20H25N3O3. The predicted octanol–water partition coefficient (Wildman–Crippen LogP) is 3.57. The van der Waals surface area contributed by atoms with Crippen molar-refractivity contribution in [2.45, 2.75) is 12.8 Å². The molecule has 0 N–H and O–H groups in total. The lowest BCUT2D eigenvalue weighted by Gasteiger charge is -2.32. The maximum Gasteiger partial charge on any atom is 0.269 e. The molecule has 26 heavy (non-hydrogen) atoms. The molecule has 2 aromatic carbocycles. The quantitative estimate of drug-likeness (QED) is 0.561. The maximum absolute atomic E-state index is 11.1. The molecule has 0 amide bonds. The number of rotatable bonds is 7. The summed E-state index contributed by atoms with van der Waals surface area (Å²) in [6.45, 7) is 5.36. The molecule has 6 heteroatoms. The molecular weight excluding hydrogens is 330 g/mol. The first kappa shape index (κ1) is 18.4. The number of hydrogen-bond donors (Lipinski definition) is 0. The van der Waals surface area contributed by atoms with Crippen LogP contribution in [0.4, 0.5) is 5.69 Å². The number of ether oxygens (including phenoxy) is 1. The molecule has 1 fully saturated rings. The first-order valence-electron chi connectivity index (χ1n) is 9.03. The molecule has 138 valence electrons. The van der Waals surface area contributed by atoms with E-state index in [4.69, 9.17) is 4.74 Å². The summed E-state index contributed by atoms with van der Waals surface area (Å²) >= 11 is 0. The lowest BCUT2D eigenvalue weighted by atomic mass is 10.1. The molecule has 1 aliphatic heterocycles. The fourth-order valence-corrected chi connectivity index (χ4v) is 3.15. The van der Waals surface area contributed by atoms with E-state index in [1.165, 1.54) is 6.07 Å². The SMILES string of the molecule is CN1CCN(CCCc2cc([N+](=O)[O-])ccc2Oc2ccccc2)CC1. The van der Waals surface area contributed by atoms with Gasteiger partial charge in [0.2, 0.25) is 0 Å². The molecule has 3 rings (SSSR count). The van der Waals surface area contributed by atoms with E-state index in [1.54, 1.807) is 12.1 Å². The monoisotopic (exact) mass is 355 g/mol. The van der Waals surface area contributed by atoms with Crippen molar-refractivity contribution in [3.63, 3.8) is 0 Å². The van der Waals surface area contributed by atoms with Crippen LogP contribution < -0.4 is 4.74 Å². The lowest BCUT2D eigenvalue weighted by molar-refractivity contribution is -0.384. The highest BCUT2D eigenvalue weighted by Crippen LogP contribution is 2.29. The first-order valence-corrected chi connectivity index (χ1v) is 9.03. The average Bonchev–Trinajstić information content (AvgIpc) is 2.65. The van der Waals surface area contributed by atoms with Gasteiger partial charge in [-0.3, -0.25) is 10.1 Å². The molecule has 1 heterocycles. The van der Waals surface area contributed by atoms with Gasteiger partial charge in [-0.05, 0) is 44.6 Å². The van der Waals surface area contributed by atoms with Gasteiger partial charge in [-0.1, -0.05) is 18.2 Å². The molecule has 0 saturated carbocycles. The van der Waals surface area contributed by atoms with Gasteiger partial charge in [-0.2, -0.15) is 0 Å². The molecule has 2 aromatic rings. The Balaban J connectivity index is 1.66. The van der Waals surface area contributed by atoms with Crippen LogP contribution in [0.15, 0.2) is 48.5 Å². The van der Waals surface area contributed by atoms with Crippen LogP contribution in [-0.4, -0.2) is 54.5 Å². The number of nitrogens with zero attached hydrogens (tertiary/aromatic N) is 3. The zero-order valence-corrected chi connectivity index (χ0v) is 15.1. The molecule has 6 nitrogen and oxygen atoms in total. The molecule has 1 aliphatic rings. The van der Waals surface area contributed by atoms with E-state index in [9.17, 15) is 10.1 Å². The second kappa shape index (κ2) is 8.78. The number of benzene rings is 2. The van der Waals surface area contributed by atoms with Crippen LogP contribution in [0.1, 0.15) is 12.0 Å². The van der Waals surface area contributed by atoms with E-state index in [0.29, 0.717) is 5.75 Å². The molecule has 0 aliphatic carbocycles. The third-order valence-electron chi connectivity index (χ3n) is 4.74. The number of aryl methyl sites for hydroxylation is 1. The molecule has 0 bridgehead atoms. The molecule has 1 saturated heterocycles. The third kappa shape index (κ3) is 5.03. The second-order valence-electron chi connectivity index (χ2n) is 6.71. The van der Waals surface area contributed by atoms with Gasteiger partial charge in [0.1, 0.15) is 11.5 Å². The fraction of sp³-hybridized carbons (Fsp3) is 0.400.